The van der Waals surface area contributed by atoms with Gasteiger partial charge in [-0.05, 0) is 60.7 Å². The van der Waals surface area contributed by atoms with E-state index in [0.29, 0.717) is 44.8 Å². The summed E-state index contributed by atoms with van der Waals surface area (Å²) in [7, 11) is -3.50. The average molecular weight is 498 g/mol. The monoisotopic (exact) mass is 497 g/mol. The summed E-state index contributed by atoms with van der Waals surface area (Å²) in [5.41, 5.74) is 1.37. The van der Waals surface area contributed by atoms with Gasteiger partial charge >= 0.3 is 0 Å². The Morgan fingerprint density at radius 3 is 2.18 bits per heavy atom. The van der Waals surface area contributed by atoms with Gasteiger partial charge in [0.1, 0.15) is 5.69 Å². The minimum absolute atomic E-state index is 0.0827. The lowest BCUT2D eigenvalue weighted by molar-refractivity contribution is 0.0746. The van der Waals surface area contributed by atoms with Gasteiger partial charge < -0.3 is 9.80 Å². The van der Waals surface area contributed by atoms with Crippen LogP contribution in [0.5, 0.6) is 0 Å². The van der Waals surface area contributed by atoms with Gasteiger partial charge in [0.15, 0.2) is 5.82 Å². The third kappa shape index (κ3) is 4.70. The number of benzene rings is 1. The smallest absolute Gasteiger partial charge is 0.253 e. The van der Waals surface area contributed by atoms with E-state index < -0.39 is 10.0 Å². The van der Waals surface area contributed by atoms with Crippen LogP contribution in [0.3, 0.4) is 0 Å². The summed E-state index contributed by atoms with van der Waals surface area (Å²) in [6.07, 6.45) is 2.86. The van der Waals surface area contributed by atoms with Crippen molar-refractivity contribution in [3.05, 3.63) is 59.5 Å². The van der Waals surface area contributed by atoms with E-state index in [1.807, 2.05) is 29.6 Å². The number of rotatable bonds is 5. The molecule has 34 heavy (non-hydrogen) atoms. The highest BCUT2D eigenvalue weighted by Crippen LogP contribution is 2.24. The largest absolute Gasteiger partial charge is 0.352 e. The van der Waals surface area contributed by atoms with E-state index in [9.17, 15) is 13.2 Å². The number of aromatic nitrogens is 2. The molecule has 0 aliphatic carbocycles. The number of piperazine rings is 1. The fourth-order valence-electron chi connectivity index (χ4n) is 4.39. The molecule has 0 atom stereocenters. The molecule has 0 N–H and O–H groups in total. The first-order valence-corrected chi connectivity index (χ1v) is 13.9. The zero-order valence-corrected chi connectivity index (χ0v) is 20.5. The van der Waals surface area contributed by atoms with Crippen molar-refractivity contribution in [3.63, 3.8) is 0 Å². The molecule has 0 spiro atoms. The molecule has 1 amide bonds. The van der Waals surface area contributed by atoms with Crippen LogP contribution in [0, 0.1) is 0 Å². The van der Waals surface area contributed by atoms with Crippen LogP contribution in [0.2, 0.25) is 0 Å². The average Bonchev–Trinajstić information content (AvgIpc) is 3.44. The fraction of sp³-hybridized carbons (Fsp3) is 0.375. The third-order valence-corrected chi connectivity index (χ3v) is 9.17. The maximum Gasteiger partial charge on any atom is 0.253 e. The molecule has 0 radical (unpaired) electrons. The Morgan fingerprint density at radius 2 is 1.56 bits per heavy atom. The van der Waals surface area contributed by atoms with E-state index in [2.05, 4.69) is 15.1 Å². The molecule has 5 rings (SSSR count). The van der Waals surface area contributed by atoms with Crippen LogP contribution in [0.15, 0.2) is 58.8 Å². The number of sulfonamides is 1. The molecule has 0 unspecified atom stereocenters. The number of anilines is 1. The normalized spacial score (nSPS) is 17.6. The second kappa shape index (κ2) is 9.81. The number of thiophene rings is 1. The SMILES string of the molecule is O=C(c1ccc(S(=O)(=O)N2CCCCC2)cc1)N1CCN(c2ccc(-c3cccs3)nn2)CC1. The van der Waals surface area contributed by atoms with Gasteiger partial charge in [-0.2, -0.15) is 4.31 Å². The summed E-state index contributed by atoms with van der Waals surface area (Å²) in [5, 5.41) is 10.7. The van der Waals surface area contributed by atoms with Crippen LogP contribution in [-0.4, -0.2) is 73.0 Å². The highest BCUT2D eigenvalue weighted by atomic mass is 32.2. The predicted octanol–water partition coefficient (Wildman–Crippen LogP) is 3.34. The first-order valence-electron chi connectivity index (χ1n) is 11.5. The van der Waals surface area contributed by atoms with E-state index in [1.54, 1.807) is 44.8 Å². The summed E-state index contributed by atoms with van der Waals surface area (Å²) < 4.78 is 27.2. The van der Waals surface area contributed by atoms with Crippen molar-refractivity contribution in [2.24, 2.45) is 0 Å². The van der Waals surface area contributed by atoms with E-state index >= 15 is 0 Å². The molecule has 0 saturated carbocycles. The zero-order valence-electron chi connectivity index (χ0n) is 18.8. The molecule has 4 heterocycles. The topological polar surface area (TPSA) is 86.7 Å². The Labute approximate surface area is 203 Å². The number of carbonyl (C=O) groups is 1. The van der Waals surface area contributed by atoms with E-state index in [1.165, 1.54) is 0 Å². The first-order chi connectivity index (χ1) is 16.5. The highest BCUT2D eigenvalue weighted by molar-refractivity contribution is 7.89. The van der Waals surface area contributed by atoms with Gasteiger partial charge in [0.25, 0.3) is 5.91 Å². The lowest BCUT2D eigenvalue weighted by Crippen LogP contribution is -2.49. The molecule has 8 nitrogen and oxygen atoms in total. The Hall–Kier alpha value is -2.82. The third-order valence-electron chi connectivity index (χ3n) is 6.37. The number of hydrogen-bond donors (Lipinski definition) is 0. The standard InChI is InChI=1S/C24H27N5O3S2/c30-24(19-6-8-20(9-7-19)34(31,32)29-12-2-1-3-13-29)28-16-14-27(15-17-28)23-11-10-21(25-26-23)22-5-4-18-33-22/h4-11,18H,1-3,12-17H2. The van der Waals surface area contributed by atoms with Gasteiger partial charge in [0.2, 0.25) is 10.0 Å². The summed E-state index contributed by atoms with van der Waals surface area (Å²) in [5.74, 6) is 0.723. The predicted molar refractivity (Wildman–Crippen MR) is 133 cm³/mol. The quantitative estimate of drug-likeness (QED) is 0.537. The van der Waals surface area contributed by atoms with Crippen molar-refractivity contribution in [2.75, 3.05) is 44.2 Å². The van der Waals surface area contributed by atoms with Crippen molar-refractivity contribution in [2.45, 2.75) is 24.2 Å². The van der Waals surface area contributed by atoms with Crippen LogP contribution in [0.25, 0.3) is 10.6 Å². The van der Waals surface area contributed by atoms with Crippen LogP contribution < -0.4 is 4.90 Å². The van der Waals surface area contributed by atoms with Crippen molar-refractivity contribution in [1.82, 2.24) is 19.4 Å². The van der Waals surface area contributed by atoms with Gasteiger partial charge in [-0.25, -0.2) is 8.42 Å². The second-order valence-electron chi connectivity index (χ2n) is 8.52. The molecule has 2 saturated heterocycles. The molecule has 2 aromatic heterocycles. The zero-order chi connectivity index (χ0) is 23.5. The fourth-order valence-corrected chi connectivity index (χ4v) is 6.60. The van der Waals surface area contributed by atoms with Crippen LogP contribution in [0.1, 0.15) is 29.6 Å². The summed E-state index contributed by atoms with van der Waals surface area (Å²) >= 11 is 1.63. The Kier molecular flexibility index (Phi) is 6.62. The van der Waals surface area contributed by atoms with Crippen molar-refractivity contribution in [1.29, 1.82) is 0 Å². The Balaban J connectivity index is 1.19. The Bertz CT molecular complexity index is 1210. The summed E-state index contributed by atoms with van der Waals surface area (Å²) in [6.45, 7) is 3.60. The van der Waals surface area contributed by atoms with Crippen LogP contribution in [-0.2, 0) is 10.0 Å². The number of carbonyl (C=O) groups excluding carboxylic acids is 1. The van der Waals surface area contributed by atoms with E-state index in [0.717, 1.165) is 35.7 Å². The second-order valence-corrected chi connectivity index (χ2v) is 11.4. The lowest BCUT2D eigenvalue weighted by Gasteiger charge is -2.35. The minimum atomic E-state index is -3.50. The van der Waals surface area contributed by atoms with Crippen molar-refractivity contribution >= 4 is 33.1 Å². The minimum Gasteiger partial charge on any atom is -0.352 e. The number of nitrogens with zero attached hydrogens (tertiary/aromatic N) is 5. The molecule has 2 aliphatic heterocycles. The molecule has 2 aliphatic rings. The number of amides is 1. The molecular formula is C24H27N5O3S2. The summed E-state index contributed by atoms with van der Waals surface area (Å²) in [6, 6.07) is 14.3. The Morgan fingerprint density at radius 1 is 0.824 bits per heavy atom. The molecule has 1 aromatic carbocycles. The maximum absolute atomic E-state index is 13.0. The van der Waals surface area contributed by atoms with Gasteiger partial charge in [-0.15, -0.1) is 21.5 Å². The molecule has 3 aromatic rings. The number of hydrogen-bond acceptors (Lipinski definition) is 7. The van der Waals surface area contributed by atoms with E-state index in [-0.39, 0.29) is 10.8 Å². The van der Waals surface area contributed by atoms with Gasteiger partial charge in [0.05, 0.1) is 9.77 Å². The van der Waals surface area contributed by atoms with Crippen molar-refractivity contribution < 1.29 is 13.2 Å². The highest BCUT2D eigenvalue weighted by Gasteiger charge is 2.27. The van der Waals surface area contributed by atoms with Gasteiger partial charge in [-0.1, -0.05) is 12.5 Å². The summed E-state index contributed by atoms with van der Waals surface area (Å²) in [4.78, 5) is 18.3. The van der Waals surface area contributed by atoms with E-state index in [4.69, 9.17) is 0 Å². The van der Waals surface area contributed by atoms with Crippen LogP contribution in [0.4, 0.5) is 5.82 Å². The van der Waals surface area contributed by atoms with Crippen LogP contribution >= 0.6 is 11.3 Å². The van der Waals surface area contributed by atoms with Gasteiger partial charge in [0, 0.05) is 44.8 Å². The molecule has 10 heteroatoms. The lowest BCUT2D eigenvalue weighted by atomic mass is 10.2. The van der Waals surface area contributed by atoms with Crippen molar-refractivity contribution in [3.8, 4) is 10.6 Å². The number of piperidine rings is 1. The first kappa shape index (κ1) is 22.9. The van der Waals surface area contributed by atoms with Gasteiger partial charge in [-0.3, -0.25) is 4.79 Å². The molecule has 0 bridgehead atoms. The molecular weight excluding hydrogens is 470 g/mol. The molecule has 2 fully saturated rings. The maximum atomic E-state index is 13.0. The molecule has 178 valence electrons.